The van der Waals surface area contributed by atoms with Gasteiger partial charge in [0, 0.05) is 43.6 Å². The Bertz CT molecular complexity index is 2290. The maximum atomic E-state index is 14.4. The third-order valence-corrected chi connectivity index (χ3v) is 10.4. The van der Waals surface area contributed by atoms with Crippen LogP contribution in [0.2, 0.25) is 5.02 Å². The van der Waals surface area contributed by atoms with Gasteiger partial charge >= 0.3 is 0 Å². The monoisotopic (exact) mass is 830 g/mol. The molecule has 0 aliphatic carbocycles. The van der Waals surface area contributed by atoms with Crippen molar-refractivity contribution in [2.75, 3.05) is 0 Å². The second kappa shape index (κ2) is 21.6. The first-order chi connectivity index (χ1) is 28.8. The van der Waals surface area contributed by atoms with Gasteiger partial charge in [0.15, 0.2) is 5.78 Å². The van der Waals surface area contributed by atoms with E-state index in [2.05, 4.69) is 31.6 Å². The summed E-state index contributed by atoms with van der Waals surface area (Å²) in [6, 6.07) is 26.2. The normalized spacial score (nSPS) is 13.5. The van der Waals surface area contributed by atoms with Crippen LogP contribution in [-0.4, -0.2) is 70.5 Å². The third kappa shape index (κ3) is 13.3. The molecular weight excluding hydrogens is 780 g/mol. The summed E-state index contributed by atoms with van der Waals surface area (Å²) < 4.78 is 0. The van der Waals surface area contributed by atoms with Crippen LogP contribution in [0.1, 0.15) is 55.0 Å². The van der Waals surface area contributed by atoms with Crippen LogP contribution < -0.4 is 26.6 Å². The number of carbonyl (C=O) groups excluding carboxylic acids is 6. The van der Waals surface area contributed by atoms with Crippen molar-refractivity contribution in [2.45, 2.75) is 90.0 Å². The molecule has 0 saturated carbocycles. The highest BCUT2D eigenvalue weighted by Gasteiger charge is 2.32. The van der Waals surface area contributed by atoms with Crippen molar-refractivity contribution in [2.24, 2.45) is 0 Å². The number of aromatic nitrogens is 1. The number of ketones is 1. The predicted octanol–water partition coefficient (Wildman–Crippen LogP) is 4.91. The van der Waals surface area contributed by atoms with Gasteiger partial charge in [-0.25, -0.2) is 0 Å². The average molecular weight is 831 g/mol. The van der Waals surface area contributed by atoms with E-state index in [1.54, 1.807) is 55.7 Å². The lowest BCUT2D eigenvalue weighted by Gasteiger charge is -2.27. The summed E-state index contributed by atoms with van der Waals surface area (Å²) in [5, 5.41) is 16.4. The minimum Gasteiger partial charge on any atom is -0.344 e. The Morgan fingerprint density at radius 1 is 0.533 bits per heavy atom. The number of carbonyl (C=O) groups is 6. The SMILES string of the molecule is CC[C@H](NC(=O)[C@@H](Cc1cccnc1)NC(=O)[C@@H](Cc1ccc(Cl)cc1)NC(=O)[C@@H](Cc1ccc2ccccc2c1)NC(C)=O)C(=O)N[C@@H](Cc1ccc(C)cc1)C(C)=O. The second-order valence-electron chi connectivity index (χ2n) is 15.0. The molecule has 0 unspecified atom stereocenters. The molecule has 5 aromatic rings. The van der Waals surface area contributed by atoms with Crippen molar-refractivity contribution in [3.8, 4) is 0 Å². The summed E-state index contributed by atoms with van der Waals surface area (Å²) in [5.74, 6) is -3.15. The summed E-state index contributed by atoms with van der Waals surface area (Å²) in [6.07, 6.45) is 3.79. The summed E-state index contributed by atoms with van der Waals surface area (Å²) in [5.41, 5.74) is 4.04. The molecule has 5 amide bonds. The first-order valence-corrected chi connectivity index (χ1v) is 20.3. The highest BCUT2D eigenvalue weighted by molar-refractivity contribution is 6.30. The molecule has 312 valence electrons. The molecule has 0 aliphatic rings. The topological polar surface area (TPSA) is 175 Å². The van der Waals surface area contributed by atoms with Crippen LogP contribution in [0.3, 0.4) is 0 Å². The molecule has 0 bridgehead atoms. The van der Waals surface area contributed by atoms with Gasteiger partial charge in [-0.15, -0.1) is 0 Å². The third-order valence-electron chi connectivity index (χ3n) is 10.1. The van der Waals surface area contributed by atoms with E-state index in [1.807, 2.05) is 73.7 Å². The highest BCUT2D eigenvalue weighted by atomic mass is 35.5. The Balaban J connectivity index is 1.37. The Kier molecular flexibility index (Phi) is 16.1. The Hall–Kier alpha value is -6.40. The molecule has 13 heteroatoms. The highest BCUT2D eigenvalue weighted by Crippen LogP contribution is 2.18. The van der Waals surface area contributed by atoms with E-state index in [0.29, 0.717) is 16.1 Å². The summed E-state index contributed by atoms with van der Waals surface area (Å²) in [4.78, 5) is 85.3. The quantitative estimate of drug-likeness (QED) is 0.0786. The standard InChI is InChI=1S/C47H51ClN6O6/c1-5-39(44(57)52-40(30(3)55)24-32-14-12-29(2)13-15-32)51-46(59)43(27-35-9-8-22-49-28-35)54-47(60)42(25-33-17-20-38(48)21-18-33)53-45(58)41(50-31(4)56)26-34-16-19-36-10-6-7-11-37(36)23-34/h6-23,28,39-43H,5,24-27H2,1-4H3,(H,50,56)(H,51,59)(H,52,57)(H,53,58)(H,54,60)/t39-,40-,41+,42+,43+/m0/s1. The number of amides is 5. The van der Waals surface area contributed by atoms with Crippen molar-refractivity contribution < 1.29 is 28.8 Å². The van der Waals surface area contributed by atoms with E-state index in [4.69, 9.17) is 11.6 Å². The molecule has 12 nitrogen and oxygen atoms in total. The number of nitrogens with zero attached hydrogens (tertiary/aromatic N) is 1. The number of pyridine rings is 1. The maximum Gasteiger partial charge on any atom is 0.243 e. The number of fused-ring (bicyclic) bond motifs is 1. The lowest BCUT2D eigenvalue weighted by molar-refractivity contribution is -0.134. The minimum absolute atomic E-state index is 0.00501. The lowest BCUT2D eigenvalue weighted by Crippen LogP contribution is -2.59. The van der Waals surface area contributed by atoms with Crippen molar-refractivity contribution >= 4 is 57.7 Å². The van der Waals surface area contributed by atoms with Crippen molar-refractivity contribution in [3.05, 3.63) is 148 Å². The molecule has 4 aromatic carbocycles. The Labute approximate surface area is 355 Å². The fraction of sp³-hybridized carbons (Fsp3) is 0.298. The van der Waals surface area contributed by atoms with Crippen LogP contribution in [0, 0.1) is 6.92 Å². The number of Topliss-reactive ketones (excluding diaryl/α,β-unsaturated/α-hetero) is 1. The van der Waals surface area contributed by atoms with Gasteiger partial charge in [0.2, 0.25) is 29.5 Å². The zero-order chi connectivity index (χ0) is 43.2. The molecule has 0 saturated heterocycles. The van der Waals surface area contributed by atoms with Crippen LogP contribution in [0.25, 0.3) is 10.8 Å². The molecular formula is C47H51ClN6O6. The summed E-state index contributed by atoms with van der Waals surface area (Å²) in [6.45, 7) is 6.40. The Morgan fingerprint density at radius 3 is 1.58 bits per heavy atom. The van der Waals surface area contributed by atoms with Gasteiger partial charge in [-0.2, -0.15) is 0 Å². The molecule has 0 fully saturated rings. The molecule has 0 spiro atoms. The van der Waals surface area contributed by atoms with Crippen molar-refractivity contribution in [1.82, 2.24) is 31.6 Å². The van der Waals surface area contributed by atoms with Crippen LogP contribution in [0.5, 0.6) is 0 Å². The zero-order valence-electron chi connectivity index (χ0n) is 34.2. The molecule has 5 rings (SSSR count). The molecule has 5 atom stereocenters. The van der Waals surface area contributed by atoms with E-state index in [0.717, 1.165) is 27.5 Å². The first-order valence-electron chi connectivity index (χ1n) is 19.9. The van der Waals surface area contributed by atoms with Gasteiger partial charge in [-0.05, 0) is 77.9 Å². The average Bonchev–Trinajstić information content (AvgIpc) is 3.23. The maximum absolute atomic E-state index is 14.4. The van der Waals surface area contributed by atoms with E-state index in [-0.39, 0.29) is 37.9 Å². The van der Waals surface area contributed by atoms with Gasteiger partial charge in [0.1, 0.15) is 24.2 Å². The number of rotatable bonds is 19. The molecule has 0 radical (unpaired) electrons. The molecule has 5 N–H and O–H groups in total. The van der Waals surface area contributed by atoms with Gasteiger partial charge in [-0.1, -0.05) is 109 Å². The summed E-state index contributed by atoms with van der Waals surface area (Å²) in [7, 11) is 0. The smallest absolute Gasteiger partial charge is 0.243 e. The Morgan fingerprint density at radius 2 is 1.02 bits per heavy atom. The van der Waals surface area contributed by atoms with Crippen LogP contribution >= 0.6 is 11.6 Å². The van der Waals surface area contributed by atoms with Crippen LogP contribution in [0.4, 0.5) is 0 Å². The molecule has 60 heavy (non-hydrogen) atoms. The van der Waals surface area contributed by atoms with E-state index < -0.39 is 59.7 Å². The number of hydrogen-bond donors (Lipinski definition) is 5. The first kappa shape index (κ1) is 44.7. The number of aryl methyl sites for hydroxylation is 1. The number of halogens is 1. The zero-order valence-corrected chi connectivity index (χ0v) is 34.9. The summed E-state index contributed by atoms with van der Waals surface area (Å²) >= 11 is 6.16. The van der Waals surface area contributed by atoms with Crippen LogP contribution in [-0.2, 0) is 54.5 Å². The second-order valence-corrected chi connectivity index (χ2v) is 15.4. The van der Waals surface area contributed by atoms with Gasteiger partial charge in [0.25, 0.3) is 0 Å². The van der Waals surface area contributed by atoms with E-state index in [1.165, 1.54) is 13.8 Å². The number of nitrogens with one attached hydrogen (secondary N) is 5. The fourth-order valence-corrected chi connectivity index (χ4v) is 6.91. The van der Waals surface area contributed by atoms with Gasteiger partial charge < -0.3 is 26.6 Å². The largest absolute Gasteiger partial charge is 0.344 e. The van der Waals surface area contributed by atoms with Gasteiger partial charge in [-0.3, -0.25) is 33.8 Å². The molecule has 1 heterocycles. The number of benzene rings is 4. The van der Waals surface area contributed by atoms with Crippen molar-refractivity contribution in [1.29, 1.82) is 0 Å². The van der Waals surface area contributed by atoms with Crippen LogP contribution in [0.15, 0.2) is 116 Å². The van der Waals surface area contributed by atoms with E-state index in [9.17, 15) is 28.8 Å². The predicted molar refractivity (Wildman–Crippen MR) is 232 cm³/mol. The minimum atomic E-state index is -1.21. The van der Waals surface area contributed by atoms with Crippen molar-refractivity contribution in [3.63, 3.8) is 0 Å². The fourth-order valence-electron chi connectivity index (χ4n) is 6.78. The molecule has 0 aliphatic heterocycles. The van der Waals surface area contributed by atoms with E-state index >= 15 is 0 Å². The number of hydrogen-bond acceptors (Lipinski definition) is 7. The van der Waals surface area contributed by atoms with Gasteiger partial charge in [0.05, 0.1) is 6.04 Å². The molecule has 1 aromatic heterocycles. The lowest BCUT2D eigenvalue weighted by atomic mass is 9.99.